The van der Waals surface area contributed by atoms with Crippen LogP contribution in [0.1, 0.15) is 11.4 Å². The highest BCUT2D eigenvalue weighted by Crippen LogP contribution is 2.16. The van der Waals surface area contributed by atoms with Crippen molar-refractivity contribution in [2.45, 2.75) is 24.9 Å². The van der Waals surface area contributed by atoms with Crippen LogP contribution < -0.4 is 10.6 Å². The van der Waals surface area contributed by atoms with Crippen LogP contribution in [0, 0.1) is 0 Å². The number of benzene rings is 1. The maximum atomic E-state index is 12.3. The monoisotopic (exact) mass is 323 g/mol. The van der Waals surface area contributed by atoms with Gasteiger partial charge in [-0.2, -0.15) is 0 Å². The summed E-state index contributed by atoms with van der Waals surface area (Å²) in [5, 5.41) is 6.70. The maximum absolute atomic E-state index is 12.3. The molecular formula is C17H17N5O2. The van der Waals surface area contributed by atoms with E-state index in [0.717, 1.165) is 22.3 Å². The number of nitrogens with zero attached hydrogens (tertiary/aromatic N) is 1. The number of H-pyrrole nitrogens is 2. The molecule has 4 rings (SSSR count). The van der Waals surface area contributed by atoms with Crippen LogP contribution in [0.15, 0.2) is 42.9 Å². The Hall–Kier alpha value is -3.09. The summed E-state index contributed by atoms with van der Waals surface area (Å²) in [4.78, 5) is 34.7. The molecule has 122 valence electrons. The van der Waals surface area contributed by atoms with Crippen molar-refractivity contribution in [1.29, 1.82) is 0 Å². The molecule has 4 N–H and O–H groups in total. The third kappa shape index (κ3) is 2.76. The fourth-order valence-electron chi connectivity index (χ4n) is 3.04. The van der Waals surface area contributed by atoms with Gasteiger partial charge in [-0.25, -0.2) is 4.98 Å². The Morgan fingerprint density at radius 1 is 0.958 bits per heavy atom. The van der Waals surface area contributed by atoms with Crippen molar-refractivity contribution in [3.8, 4) is 0 Å². The average Bonchev–Trinajstić information content (AvgIpc) is 3.20. The van der Waals surface area contributed by atoms with E-state index < -0.39 is 12.1 Å². The molecule has 1 fully saturated rings. The Bertz CT molecular complexity index is 850. The molecule has 2 amide bonds. The molecule has 1 aliphatic heterocycles. The standard InChI is InChI=1S/C17H17N5O2/c23-16-14(6-11-5-10-3-1-2-4-13(10)20-11)21-17(24)15(22-16)7-12-8-18-9-19-12/h1-5,8-9,14-15,20H,6-7H2,(H,18,19)(H,21,24)(H,22,23)/t14-,15-/m0/s1. The summed E-state index contributed by atoms with van der Waals surface area (Å²) in [7, 11) is 0. The number of para-hydroxylation sites is 1. The van der Waals surface area contributed by atoms with E-state index in [1.165, 1.54) is 0 Å². The highest BCUT2D eigenvalue weighted by atomic mass is 16.2. The summed E-state index contributed by atoms with van der Waals surface area (Å²) in [6.07, 6.45) is 4.03. The highest BCUT2D eigenvalue weighted by Gasteiger charge is 2.34. The Morgan fingerprint density at radius 2 is 1.67 bits per heavy atom. The molecule has 1 aromatic carbocycles. The first kappa shape index (κ1) is 14.5. The van der Waals surface area contributed by atoms with Crippen LogP contribution in [0.25, 0.3) is 10.9 Å². The number of aromatic amines is 2. The minimum absolute atomic E-state index is 0.169. The molecule has 0 aliphatic carbocycles. The van der Waals surface area contributed by atoms with E-state index in [1.807, 2.05) is 30.3 Å². The molecule has 1 aliphatic rings. The van der Waals surface area contributed by atoms with E-state index in [-0.39, 0.29) is 11.8 Å². The summed E-state index contributed by atoms with van der Waals surface area (Å²) in [6, 6.07) is 8.78. The molecule has 0 bridgehead atoms. The highest BCUT2D eigenvalue weighted by molar-refractivity contribution is 5.97. The van der Waals surface area contributed by atoms with Gasteiger partial charge in [0.15, 0.2) is 0 Å². The summed E-state index contributed by atoms with van der Waals surface area (Å²) < 4.78 is 0. The van der Waals surface area contributed by atoms with Gasteiger partial charge in [0.25, 0.3) is 0 Å². The van der Waals surface area contributed by atoms with Gasteiger partial charge in [-0.1, -0.05) is 18.2 Å². The minimum atomic E-state index is -0.572. The van der Waals surface area contributed by atoms with Gasteiger partial charge in [-0.05, 0) is 17.5 Å². The van der Waals surface area contributed by atoms with Crippen LogP contribution in [-0.2, 0) is 22.4 Å². The van der Waals surface area contributed by atoms with Gasteiger partial charge >= 0.3 is 0 Å². The third-order valence-corrected chi connectivity index (χ3v) is 4.25. The largest absolute Gasteiger partial charge is 0.358 e. The lowest BCUT2D eigenvalue weighted by Gasteiger charge is -2.29. The zero-order chi connectivity index (χ0) is 16.5. The Balaban J connectivity index is 1.45. The van der Waals surface area contributed by atoms with Gasteiger partial charge in [0.1, 0.15) is 12.1 Å². The first-order valence-corrected chi connectivity index (χ1v) is 7.84. The number of rotatable bonds is 4. The van der Waals surface area contributed by atoms with Crippen molar-refractivity contribution in [3.63, 3.8) is 0 Å². The summed E-state index contributed by atoms with van der Waals surface area (Å²) >= 11 is 0. The number of hydrogen-bond acceptors (Lipinski definition) is 3. The molecule has 2 aromatic heterocycles. The minimum Gasteiger partial charge on any atom is -0.358 e. The smallest absolute Gasteiger partial charge is 0.243 e. The number of fused-ring (bicyclic) bond motifs is 1. The van der Waals surface area contributed by atoms with Gasteiger partial charge in [-0.15, -0.1) is 0 Å². The number of carbonyl (C=O) groups excluding carboxylic acids is 2. The SMILES string of the molecule is O=C1N[C@@H](Cc2cc3ccccc3[nH]2)C(=O)N[C@H]1Cc1cnc[nH]1. The summed E-state index contributed by atoms with van der Waals surface area (Å²) in [5.41, 5.74) is 2.75. The number of imidazole rings is 1. The van der Waals surface area contributed by atoms with Crippen molar-refractivity contribution >= 4 is 22.7 Å². The predicted octanol–water partition coefficient (Wildman–Crippen LogP) is 0.659. The number of hydrogen-bond donors (Lipinski definition) is 4. The van der Waals surface area contributed by atoms with Crippen LogP contribution in [0.4, 0.5) is 0 Å². The zero-order valence-electron chi connectivity index (χ0n) is 12.9. The normalized spacial score (nSPS) is 20.8. The van der Waals surface area contributed by atoms with E-state index in [9.17, 15) is 9.59 Å². The van der Waals surface area contributed by atoms with Crippen molar-refractivity contribution in [2.75, 3.05) is 0 Å². The lowest BCUT2D eigenvalue weighted by molar-refractivity contribution is -0.136. The van der Waals surface area contributed by atoms with Crippen LogP contribution in [-0.4, -0.2) is 38.8 Å². The number of aromatic nitrogens is 3. The molecule has 3 aromatic rings. The van der Waals surface area contributed by atoms with Crippen molar-refractivity contribution in [3.05, 3.63) is 54.2 Å². The quantitative estimate of drug-likeness (QED) is 0.567. The average molecular weight is 323 g/mol. The first-order chi connectivity index (χ1) is 11.7. The second kappa shape index (κ2) is 5.84. The van der Waals surface area contributed by atoms with Crippen LogP contribution in [0.5, 0.6) is 0 Å². The topological polar surface area (TPSA) is 103 Å². The first-order valence-electron chi connectivity index (χ1n) is 7.84. The molecule has 0 saturated carbocycles. The van der Waals surface area contributed by atoms with Crippen LogP contribution in [0.2, 0.25) is 0 Å². The molecule has 7 nitrogen and oxygen atoms in total. The number of piperazine rings is 1. The summed E-state index contributed by atoms with van der Waals surface area (Å²) in [6.45, 7) is 0. The fourth-order valence-corrected chi connectivity index (χ4v) is 3.04. The molecule has 1 saturated heterocycles. The van der Waals surface area contributed by atoms with E-state index in [1.54, 1.807) is 12.5 Å². The third-order valence-electron chi connectivity index (χ3n) is 4.25. The van der Waals surface area contributed by atoms with E-state index in [0.29, 0.717) is 12.8 Å². The Morgan fingerprint density at radius 3 is 2.33 bits per heavy atom. The molecule has 3 heterocycles. The Labute approximate surface area is 137 Å². The second-order valence-corrected chi connectivity index (χ2v) is 5.99. The van der Waals surface area contributed by atoms with Gasteiger partial charge in [0.2, 0.25) is 11.8 Å². The Kier molecular flexibility index (Phi) is 3.53. The second-order valence-electron chi connectivity index (χ2n) is 5.99. The molecule has 0 radical (unpaired) electrons. The van der Waals surface area contributed by atoms with Crippen molar-refractivity contribution in [2.24, 2.45) is 0 Å². The van der Waals surface area contributed by atoms with Crippen molar-refractivity contribution in [1.82, 2.24) is 25.6 Å². The van der Waals surface area contributed by atoms with Gasteiger partial charge < -0.3 is 20.6 Å². The lowest BCUT2D eigenvalue weighted by Crippen LogP contribution is -2.62. The van der Waals surface area contributed by atoms with Gasteiger partial charge in [0, 0.05) is 35.9 Å². The number of carbonyl (C=O) groups is 2. The molecule has 0 spiro atoms. The van der Waals surface area contributed by atoms with Crippen LogP contribution in [0.3, 0.4) is 0 Å². The van der Waals surface area contributed by atoms with Crippen LogP contribution >= 0.6 is 0 Å². The fraction of sp³-hybridized carbons (Fsp3) is 0.235. The van der Waals surface area contributed by atoms with E-state index in [2.05, 4.69) is 25.6 Å². The summed E-state index contributed by atoms with van der Waals surface area (Å²) in [5.74, 6) is -0.344. The molecule has 7 heteroatoms. The molecule has 24 heavy (non-hydrogen) atoms. The van der Waals surface area contributed by atoms with Crippen molar-refractivity contribution < 1.29 is 9.59 Å². The van der Waals surface area contributed by atoms with Gasteiger partial charge in [-0.3, -0.25) is 9.59 Å². The van der Waals surface area contributed by atoms with E-state index >= 15 is 0 Å². The predicted molar refractivity (Wildman–Crippen MR) is 88.2 cm³/mol. The zero-order valence-corrected chi connectivity index (χ0v) is 12.9. The lowest BCUT2D eigenvalue weighted by atomic mass is 10.0. The molecule has 0 unspecified atom stereocenters. The number of amides is 2. The maximum Gasteiger partial charge on any atom is 0.243 e. The molecule has 2 atom stereocenters. The van der Waals surface area contributed by atoms with Gasteiger partial charge in [0.05, 0.1) is 6.33 Å². The molecular weight excluding hydrogens is 306 g/mol. The number of nitrogens with one attached hydrogen (secondary N) is 4. The van der Waals surface area contributed by atoms with E-state index in [4.69, 9.17) is 0 Å².